The van der Waals surface area contributed by atoms with Crippen LogP contribution < -0.4 is 5.32 Å². The van der Waals surface area contributed by atoms with Gasteiger partial charge in [0.05, 0.1) is 13.2 Å². The fourth-order valence-corrected chi connectivity index (χ4v) is 1.14. The largest absolute Gasteiger partial charge is 0.464 e. The van der Waals surface area contributed by atoms with Gasteiger partial charge in [-0.05, 0) is 12.3 Å². The van der Waals surface area contributed by atoms with Gasteiger partial charge in [0.1, 0.15) is 0 Å². The Morgan fingerprint density at radius 1 is 1.64 bits per heavy atom. The molecule has 0 aliphatic heterocycles. The highest BCUT2D eigenvalue weighted by Crippen LogP contribution is 2.04. The zero-order valence-electron chi connectivity index (χ0n) is 9.21. The van der Waals surface area contributed by atoms with Gasteiger partial charge in [-0.25, -0.2) is 0 Å². The third-order valence-corrected chi connectivity index (χ3v) is 1.87. The highest BCUT2D eigenvalue weighted by molar-refractivity contribution is 5.71. The van der Waals surface area contributed by atoms with Crippen molar-refractivity contribution in [3.63, 3.8) is 0 Å². The Hall–Kier alpha value is -0.830. The Morgan fingerprint density at radius 3 is 2.93 bits per heavy atom. The summed E-state index contributed by atoms with van der Waals surface area (Å²) in [5.41, 5.74) is 0. The number of hydrogen-bond donors (Lipinski definition) is 1. The molecule has 82 valence electrons. The molecule has 0 amide bonds. The molecule has 0 saturated heterocycles. The molecule has 3 heteroatoms. The van der Waals surface area contributed by atoms with E-state index in [-0.39, 0.29) is 12.5 Å². The molecule has 0 fully saturated rings. The monoisotopic (exact) mass is 199 g/mol. The summed E-state index contributed by atoms with van der Waals surface area (Å²) in [5, 5.41) is 2.90. The summed E-state index contributed by atoms with van der Waals surface area (Å²) in [6.07, 6.45) is 3.95. The van der Waals surface area contributed by atoms with Gasteiger partial charge >= 0.3 is 5.97 Å². The van der Waals surface area contributed by atoms with E-state index in [9.17, 15) is 4.79 Å². The number of carbonyl (C=O) groups is 1. The van der Waals surface area contributed by atoms with Gasteiger partial charge in [-0.3, -0.25) is 4.79 Å². The van der Waals surface area contributed by atoms with E-state index < -0.39 is 0 Å². The van der Waals surface area contributed by atoms with Gasteiger partial charge < -0.3 is 10.1 Å². The maximum absolute atomic E-state index is 11.1. The first-order valence-corrected chi connectivity index (χ1v) is 5.18. The normalized spacial score (nSPS) is 12.1. The molecular weight excluding hydrogens is 178 g/mol. The van der Waals surface area contributed by atoms with E-state index in [1.54, 1.807) is 6.08 Å². The number of rotatable bonds is 8. The molecule has 14 heavy (non-hydrogen) atoms. The van der Waals surface area contributed by atoms with Crippen LogP contribution in [0.25, 0.3) is 0 Å². The Kier molecular flexibility index (Phi) is 8.24. The molecule has 0 aliphatic carbocycles. The van der Waals surface area contributed by atoms with Crippen LogP contribution in [0.15, 0.2) is 12.7 Å². The Balaban J connectivity index is 3.38. The van der Waals surface area contributed by atoms with Crippen molar-refractivity contribution in [1.82, 2.24) is 5.32 Å². The smallest absolute Gasteiger partial charge is 0.319 e. The lowest BCUT2D eigenvalue weighted by Crippen LogP contribution is -2.26. The van der Waals surface area contributed by atoms with Crippen molar-refractivity contribution in [2.75, 3.05) is 19.7 Å². The van der Waals surface area contributed by atoms with E-state index in [1.807, 2.05) is 0 Å². The van der Waals surface area contributed by atoms with E-state index in [2.05, 4.69) is 25.7 Å². The Bertz CT molecular complexity index is 169. The molecule has 0 rings (SSSR count). The minimum absolute atomic E-state index is 0.185. The number of esters is 1. The zero-order valence-corrected chi connectivity index (χ0v) is 9.21. The Morgan fingerprint density at radius 2 is 2.36 bits per heavy atom. The third-order valence-electron chi connectivity index (χ3n) is 1.87. The van der Waals surface area contributed by atoms with Gasteiger partial charge in [-0.15, -0.1) is 6.58 Å². The van der Waals surface area contributed by atoms with E-state index in [4.69, 9.17) is 4.74 Å². The highest BCUT2D eigenvalue weighted by Gasteiger charge is 2.05. The van der Waals surface area contributed by atoms with E-state index in [0.717, 1.165) is 12.8 Å². The minimum Gasteiger partial charge on any atom is -0.464 e. The van der Waals surface area contributed by atoms with Gasteiger partial charge in [0.2, 0.25) is 0 Å². The first-order chi connectivity index (χ1) is 6.70. The average molecular weight is 199 g/mol. The van der Waals surface area contributed by atoms with Crippen molar-refractivity contribution in [2.45, 2.75) is 26.7 Å². The maximum atomic E-state index is 11.1. The maximum Gasteiger partial charge on any atom is 0.319 e. The Labute approximate surface area is 86.5 Å². The van der Waals surface area contributed by atoms with Crippen molar-refractivity contribution in [1.29, 1.82) is 0 Å². The van der Waals surface area contributed by atoms with Crippen LogP contribution >= 0.6 is 0 Å². The summed E-state index contributed by atoms with van der Waals surface area (Å²) in [4.78, 5) is 11.1. The molecule has 1 atom stereocenters. The quantitative estimate of drug-likeness (QED) is 0.367. The zero-order chi connectivity index (χ0) is 10.8. The van der Waals surface area contributed by atoms with Crippen molar-refractivity contribution in [3.05, 3.63) is 12.7 Å². The topological polar surface area (TPSA) is 38.3 Å². The molecule has 3 nitrogen and oxygen atoms in total. The standard InChI is InChI=1S/C11H21NO2/c1-4-6-10(3)9-14-11(13)8-12-7-5-2/h5,10,12H,2,4,6-9H2,1,3H3. The van der Waals surface area contributed by atoms with Crippen molar-refractivity contribution in [2.24, 2.45) is 5.92 Å². The number of carbonyl (C=O) groups excluding carboxylic acids is 1. The van der Waals surface area contributed by atoms with Crippen LogP contribution in [-0.2, 0) is 9.53 Å². The van der Waals surface area contributed by atoms with Gasteiger partial charge in [0.25, 0.3) is 0 Å². The lowest BCUT2D eigenvalue weighted by atomic mass is 10.1. The number of ether oxygens (including phenoxy) is 1. The van der Waals surface area contributed by atoms with Crippen molar-refractivity contribution >= 4 is 5.97 Å². The lowest BCUT2D eigenvalue weighted by molar-refractivity contribution is -0.143. The second kappa shape index (κ2) is 8.75. The van der Waals surface area contributed by atoms with Crippen molar-refractivity contribution < 1.29 is 9.53 Å². The van der Waals surface area contributed by atoms with Crippen LogP contribution in [0.5, 0.6) is 0 Å². The summed E-state index contributed by atoms with van der Waals surface area (Å²) >= 11 is 0. The highest BCUT2D eigenvalue weighted by atomic mass is 16.5. The SMILES string of the molecule is C=CCNCC(=O)OCC(C)CCC. The minimum atomic E-state index is -0.185. The number of nitrogens with one attached hydrogen (secondary N) is 1. The summed E-state index contributed by atoms with van der Waals surface area (Å²) in [6.45, 7) is 9.20. The second-order valence-electron chi connectivity index (χ2n) is 3.50. The van der Waals surface area contributed by atoms with E-state index in [0.29, 0.717) is 19.1 Å². The van der Waals surface area contributed by atoms with Crippen LogP contribution in [0.4, 0.5) is 0 Å². The van der Waals surface area contributed by atoms with Gasteiger partial charge in [0, 0.05) is 6.54 Å². The van der Waals surface area contributed by atoms with Crippen LogP contribution in [0.3, 0.4) is 0 Å². The fraction of sp³-hybridized carbons (Fsp3) is 0.727. The third kappa shape index (κ3) is 7.80. The molecule has 0 radical (unpaired) electrons. The van der Waals surface area contributed by atoms with E-state index in [1.165, 1.54) is 0 Å². The van der Waals surface area contributed by atoms with E-state index >= 15 is 0 Å². The molecule has 1 unspecified atom stereocenters. The molecule has 0 bridgehead atoms. The molecule has 0 heterocycles. The van der Waals surface area contributed by atoms with Gasteiger partial charge in [-0.1, -0.05) is 26.3 Å². The first-order valence-electron chi connectivity index (χ1n) is 5.18. The molecule has 0 aromatic heterocycles. The lowest BCUT2D eigenvalue weighted by Gasteiger charge is -2.10. The first kappa shape index (κ1) is 13.2. The van der Waals surface area contributed by atoms with Crippen LogP contribution in [0.2, 0.25) is 0 Å². The van der Waals surface area contributed by atoms with Crippen LogP contribution in [-0.4, -0.2) is 25.7 Å². The molecule has 0 aromatic rings. The molecule has 0 saturated carbocycles. The van der Waals surface area contributed by atoms with Gasteiger partial charge in [-0.2, -0.15) is 0 Å². The summed E-state index contributed by atoms with van der Waals surface area (Å²) < 4.78 is 5.07. The molecular formula is C11H21NO2. The van der Waals surface area contributed by atoms with Crippen LogP contribution in [0.1, 0.15) is 26.7 Å². The molecule has 0 spiro atoms. The second-order valence-corrected chi connectivity index (χ2v) is 3.50. The average Bonchev–Trinajstić information content (AvgIpc) is 2.16. The van der Waals surface area contributed by atoms with Crippen LogP contribution in [0, 0.1) is 5.92 Å². The fourth-order valence-electron chi connectivity index (χ4n) is 1.14. The molecule has 1 N–H and O–H groups in total. The molecule has 0 aliphatic rings. The predicted octanol–water partition coefficient (Wildman–Crippen LogP) is 1.74. The van der Waals surface area contributed by atoms with Crippen molar-refractivity contribution in [3.8, 4) is 0 Å². The summed E-state index contributed by atoms with van der Waals surface area (Å²) in [7, 11) is 0. The number of hydrogen-bond acceptors (Lipinski definition) is 3. The predicted molar refractivity (Wildman–Crippen MR) is 58.1 cm³/mol. The summed E-state index contributed by atoms with van der Waals surface area (Å²) in [6, 6.07) is 0. The summed E-state index contributed by atoms with van der Waals surface area (Å²) in [5.74, 6) is 0.276. The van der Waals surface area contributed by atoms with Gasteiger partial charge in [0.15, 0.2) is 0 Å². The molecule has 0 aromatic carbocycles.